The van der Waals surface area contributed by atoms with E-state index in [1.54, 1.807) is 6.07 Å². The number of halogens is 1. The molecular weight excluding hydrogens is 330 g/mol. The van der Waals surface area contributed by atoms with Gasteiger partial charge in [0.25, 0.3) is 0 Å². The van der Waals surface area contributed by atoms with Crippen molar-refractivity contribution in [2.75, 3.05) is 17.6 Å². The first-order valence-corrected chi connectivity index (χ1v) is 7.49. The van der Waals surface area contributed by atoms with Crippen molar-refractivity contribution in [1.29, 1.82) is 0 Å². The van der Waals surface area contributed by atoms with Crippen LogP contribution in [0, 0.1) is 6.92 Å². The van der Waals surface area contributed by atoms with E-state index in [1.165, 1.54) is 5.56 Å². The molecule has 0 unspecified atom stereocenters. The Hall–Kier alpha value is -2.01. The molecule has 0 aliphatic carbocycles. The summed E-state index contributed by atoms with van der Waals surface area (Å²) in [4.78, 5) is 11.8. The molecule has 110 valence electrons. The number of benzene rings is 2. The van der Waals surface area contributed by atoms with Crippen LogP contribution in [0.25, 0.3) is 0 Å². The summed E-state index contributed by atoms with van der Waals surface area (Å²) in [6.07, 6.45) is 0.782. The second-order valence-corrected chi connectivity index (χ2v) is 5.76. The smallest absolute Gasteiger partial charge is 0.319 e. The van der Waals surface area contributed by atoms with Gasteiger partial charge in [0.2, 0.25) is 0 Å². The lowest BCUT2D eigenvalue weighted by Gasteiger charge is -2.10. The average molecular weight is 348 g/mol. The van der Waals surface area contributed by atoms with Crippen LogP contribution in [0.15, 0.2) is 46.9 Å². The molecule has 0 bridgehead atoms. The van der Waals surface area contributed by atoms with E-state index < -0.39 is 0 Å². The largest absolute Gasteiger partial charge is 0.397 e. The van der Waals surface area contributed by atoms with Gasteiger partial charge in [-0.25, -0.2) is 4.79 Å². The van der Waals surface area contributed by atoms with Crippen molar-refractivity contribution in [1.82, 2.24) is 5.32 Å². The quantitative estimate of drug-likeness (QED) is 0.738. The third-order valence-corrected chi connectivity index (χ3v) is 3.60. The molecule has 4 N–H and O–H groups in total. The van der Waals surface area contributed by atoms with Gasteiger partial charge in [-0.15, -0.1) is 0 Å². The molecule has 4 nitrogen and oxygen atoms in total. The number of anilines is 2. The van der Waals surface area contributed by atoms with E-state index in [0.717, 1.165) is 16.5 Å². The Labute approximate surface area is 132 Å². The summed E-state index contributed by atoms with van der Waals surface area (Å²) in [5, 5.41) is 5.57. The van der Waals surface area contributed by atoms with Crippen molar-refractivity contribution in [2.45, 2.75) is 13.3 Å². The van der Waals surface area contributed by atoms with Crippen LogP contribution in [0.3, 0.4) is 0 Å². The topological polar surface area (TPSA) is 67.2 Å². The third kappa shape index (κ3) is 4.79. The summed E-state index contributed by atoms with van der Waals surface area (Å²) in [6.45, 7) is 2.53. The Morgan fingerprint density at radius 3 is 2.57 bits per heavy atom. The van der Waals surface area contributed by atoms with Crippen molar-refractivity contribution in [3.8, 4) is 0 Å². The van der Waals surface area contributed by atoms with Gasteiger partial charge in [-0.1, -0.05) is 34.1 Å². The van der Waals surface area contributed by atoms with Crippen LogP contribution in [-0.4, -0.2) is 12.6 Å². The molecule has 0 spiro atoms. The number of urea groups is 1. The molecule has 0 heterocycles. The molecule has 2 aromatic rings. The van der Waals surface area contributed by atoms with Gasteiger partial charge in [-0.3, -0.25) is 0 Å². The fourth-order valence-electron chi connectivity index (χ4n) is 1.93. The number of hydrogen-bond acceptors (Lipinski definition) is 2. The van der Waals surface area contributed by atoms with Crippen molar-refractivity contribution >= 4 is 33.3 Å². The highest BCUT2D eigenvalue weighted by atomic mass is 79.9. The molecule has 0 aromatic heterocycles. The van der Waals surface area contributed by atoms with Gasteiger partial charge >= 0.3 is 6.03 Å². The fourth-order valence-corrected chi connectivity index (χ4v) is 2.20. The summed E-state index contributed by atoms with van der Waals surface area (Å²) < 4.78 is 1.05. The van der Waals surface area contributed by atoms with Crippen LogP contribution < -0.4 is 16.4 Å². The summed E-state index contributed by atoms with van der Waals surface area (Å²) in [7, 11) is 0. The van der Waals surface area contributed by atoms with Gasteiger partial charge in [0.05, 0.1) is 11.4 Å². The van der Waals surface area contributed by atoms with Crippen LogP contribution >= 0.6 is 15.9 Å². The second-order valence-electron chi connectivity index (χ2n) is 4.85. The predicted molar refractivity (Wildman–Crippen MR) is 90.5 cm³/mol. The lowest BCUT2D eigenvalue weighted by atomic mass is 10.1. The number of aryl methyl sites for hydroxylation is 1. The van der Waals surface area contributed by atoms with Crippen molar-refractivity contribution in [3.05, 3.63) is 58.1 Å². The summed E-state index contributed by atoms with van der Waals surface area (Å²) in [5.41, 5.74) is 9.29. The SMILES string of the molecule is Cc1ccc(NC(=O)NCCc2ccc(Br)cc2)c(N)c1. The number of hydrogen-bond donors (Lipinski definition) is 3. The van der Waals surface area contributed by atoms with Crippen LogP contribution in [0.2, 0.25) is 0 Å². The molecule has 0 saturated heterocycles. The molecule has 0 radical (unpaired) electrons. The summed E-state index contributed by atoms with van der Waals surface area (Å²) in [5.74, 6) is 0. The standard InChI is InChI=1S/C16H18BrN3O/c1-11-2-7-15(14(18)10-11)20-16(21)19-9-8-12-3-5-13(17)6-4-12/h2-7,10H,8-9,18H2,1H3,(H2,19,20,21). The van der Waals surface area contributed by atoms with Crippen LogP contribution in [-0.2, 0) is 6.42 Å². The van der Waals surface area contributed by atoms with E-state index in [1.807, 2.05) is 43.3 Å². The van der Waals surface area contributed by atoms with Gasteiger partial charge in [0, 0.05) is 11.0 Å². The molecule has 5 heteroatoms. The lowest BCUT2D eigenvalue weighted by molar-refractivity contribution is 0.252. The summed E-state index contributed by atoms with van der Waals surface area (Å²) in [6, 6.07) is 13.3. The molecule has 21 heavy (non-hydrogen) atoms. The zero-order valence-corrected chi connectivity index (χ0v) is 13.4. The van der Waals surface area contributed by atoms with E-state index in [9.17, 15) is 4.79 Å². The first-order valence-electron chi connectivity index (χ1n) is 6.70. The molecule has 0 fully saturated rings. The maximum atomic E-state index is 11.8. The van der Waals surface area contributed by atoms with E-state index in [2.05, 4.69) is 26.6 Å². The normalized spacial score (nSPS) is 10.2. The molecule has 2 rings (SSSR count). The maximum absolute atomic E-state index is 11.8. The highest BCUT2D eigenvalue weighted by molar-refractivity contribution is 9.10. The molecule has 2 aromatic carbocycles. The lowest BCUT2D eigenvalue weighted by Crippen LogP contribution is -2.30. The minimum Gasteiger partial charge on any atom is -0.397 e. The highest BCUT2D eigenvalue weighted by Crippen LogP contribution is 2.19. The Balaban J connectivity index is 1.81. The first kappa shape index (κ1) is 15.4. The molecule has 0 atom stereocenters. The Bertz CT molecular complexity index is 626. The number of carbonyl (C=O) groups excluding carboxylic acids is 1. The Morgan fingerprint density at radius 1 is 1.19 bits per heavy atom. The van der Waals surface area contributed by atoms with Gasteiger partial charge < -0.3 is 16.4 Å². The molecule has 0 saturated carbocycles. The van der Waals surface area contributed by atoms with E-state index in [-0.39, 0.29) is 6.03 Å². The van der Waals surface area contributed by atoms with Crippen LogP contribution in [0.4, 0.5) is 16.2 Å². The molecule has 0 aliphatic rings. The van der Waals surface area contributed by atoms with Gasteiger partial charge in [-0.2, -0.15) is 0 Å². The number of nitrogens with one attached hydrogen (secondary N) is 2. The van der Waals surface area contributed by atoms with Gasteiger partial charge in [0.1, 0.15) is 0 Å². The minimum atomic E-state index is -0.248. The monoisotopic (exact) mass is 347 g/mol. The van der Waals surface area contributed by atoms with Crippen LogP contribution in [0.5, 0.6) is 0 Å². The van der Waals surface area contributed by atoms with Crippen molar-refractivity contribution in [2.24, 2.45) is 0 Å². The average Bonchev–Trinajstić information content (AvgIpc) is 2.44. The van der Waals surface area contributed by atoms with E-state index >= 15 is 0 Å². The number of nitrogen functional groups attached to an aromatic ring is 1. The Kier molecular flexibility index (Phi) is 5.22. The fraction of sp³-hybridized carbons (Fsp3) is 0.188. The molecule has 0 aliphatic heterocycles. The van der Waals surface area contributed by atoms with E-state index in [4.69, 9.17) is 5.73 Å². The highest BCUT2D eigenvalue weighted by Gasteiger charge is 2.04. The molecular formula is C16H18BrN3O. The van der Waals surface area contributed by atoms with Gasteiger partial charge in [-0.05, 0) is 48.7 Å². The zero-order valence-electron chi connectivity index (χ0n) is 11.8. The minimum absolute atomic E-state index is 0.248. The van der Waals surface area contributed by atoms with Gasteiger partial charge in [0.15, 0.2) is 0 Å². The third-order valence-electron chi connectivity index (χ3n) is 3.07. The number of rotatable bonds is 4. The number of nitrogens with two attached hydrogens (primary N) is 1. The predicted octanol–water partition coefficient (Wildman–Crippen LogP) is 3.70. The summed E-state index contributed by atoms with van der Waals surface area (Å²) >= 11 is 3.39. The molecule has 2 amide bonds. The Morgan fingerprint density at radius 2 is 1.90 bits per heavy atom. The zero-order chi connectivity index (χ0) is 15.2. The first-order chi connectivity index (χ1) is 10.0. The maximum Gasteiger partial charge on any atom is 0.319 e. The number of carbonyl (C=O) groups is 1. The van der Waals surface area contributed by atoms with Crippen molar-refractivity contribution in [3.63, 3.8) is 0 Å². The van der Waals surface area contributed by atoms with Crippen molar-refractivity contribution < 1.29 is 4.79 Å². The van der Waals surface area contributed by atoms with Crippen LogP contribution in [0.1, 0.15) is 11.1 Å². The van der Waals surface area contributed by atoms with E-state index in [0.29, 0.717) is 17.9 Å². The second kappa shape index (κ2) is 7.13. The number of amides is 2.